The van der Waals surface area contributed by atoms with Crippen LogP contribution in [0.2, 0.25) is 0 Å². The summed E-state index contributed by atoms with van der Waals surface area (Å²) >= 11 is 1.50. The molecule has 2 amide bonds. The van der Waals surface area contributed by atoms with Crippen LogP contribution in [0, 0.1) is 46.8 Å². The second-order valence-corrected chi connectivity index (χ2v) is 14.8. The van der Waals surface area contributed by atoms with E-state index in [1.54, 1.807) is 13.8 Å². The maximum Gasteiger partial charge on any atom is 0.326 e. The van der Waals surface area contributed by atoms with E-state index in [4.69, 9.17) is 11.3 Å². The van der Waals surface area contributed by atoms with Crippen LogP contribution in [0.3, 0.4) is 0 Å². The van der Waals surface area contributed by atoms with E-state index >= 15 is 0 Å². The average molecular weight is 616 g/mol. The lowest BCUT2D eigenvalue weighted by Crippen LogP contribution is -2.54. The molecule has 43 heavy (non-hydrogen) atoms. The van der Waals surface area contributed by atoms with Crippen LogP contribution in [0.15, 0.2) is 16.8 Å². The molecule has 8 atom stereocenters. The van der Waals surface area contributed by atoms with Gasteiger partial charge in [-0.1, -0.05) is 44.3 Å². The van der Waals surface area contributed by atoms with E-state index in [1.165, 1.54) is 17.3 Å². The normalized spacial score (nSPS) is 35.4. The molecule has 0 aliphatic heterocycles. The van der Waals surface area contributed by atoms with E-state index in [-0.39, 0.29) is 23.4 Å². The van der Waals surface area contributed by atoms with Gasteiger partial charge in [0.05, 0.1) is 5.71 Å². The first-order chi connectivity index (χ1) is 20.3. The van der Waals surface area contributed by atoms with Gasteiger partial charge in [-0.25, -0.2) is 4.79 Å². The summed E-state index contributed by atoms with van der Waals surface area (Å²) in [6.07, 6.45) is 17.6. The second kappa shape index (κ2) is 13.2. The lowest BCUT2D eigenvalue weighted by Gasteiger charge is -2.58. The van der Waals surface area contributed by atoms with Crippen LogP contribution in [0.4, 0.5) is 0 Å². The quantitative estimate of drug-likeness (QED) is 0.202. The molecule has 10 heteroatoms. The van der Waals surface area contributed by atoms with Crippen LogP contribution < -0.4 is 10.6 Å². The molecule has 0 bridgehead atoms. The fourth-order valence-corrected chi connectivity index (χ4v) is 9.05. The summed E-state index contributed by atoms with van der Waals surface area (Å²) in [7, 11) is 0. The SMILES string of the molecule is C#C[C@@]1(O)CC[C@@H]2[C@@H]3CCC4=C/C(=N\OCC(=O)N[C@H](C(=O)N[C@@H](CCSC)C(=O)O)C(C)C)CC[C@]4(C)[C@H]3CC[C@@]21C. The Hall–Kier alpha value is -2.51. The average Bonchev–Trinajstić information content (AvgIpc) is 3.24. The van der Waals surface area contributed by atoms with Crippen LogP contribution in [0.5, 0.6) is 0 Å². The zero-order valence-corrected chi connectivity index (χ0v) is 27.1. The van der Waals surface area contributed by atoms with Crippen molar-refractivity contribution in [1.29, 1.82) is 0 Å². The fourth-order valence-electron chi connectivity index (χ4n) is 8.57. The number of nitrogens with one attached hydrogen (secondary N) is 2. The lowest BCUT2D eigenvalue weighted by atomic mass is 9.46. The maximum absolute atomic E-state index is 12.8. The number of fused-ring (bicyclic) bond motifs is 5. The van der Waals surface area contributed by atoms with Crippen molar-refractivity contribution in [2.24, 2.45) is 39.7 Å². The highest BCUT2D eigenvalue weighted by Crippen LogP contribution is 2.67. The van der Waals surface area contributed by atoms with Crippen molar-refractivity contribution in [3.05, 3.63) is 11.6 Å². The van der Waals surface area contributed by atoms with Crippen molar-refractivity contribution in [1.82, 2.24) is 10.6 Å². The van der Waals surface area contributed by atoms with Gasteiger partial charge in [0.15, 0.2) is 6.61 Å². The standard InChI is InChI=1S/C33H49N3O6S/c1-7-33(41)16-12-25-23-9-8-21-18-22(10-14-31(21,4)24(23)11-15-32(25,33)5)36-42-19-27(37)35-28(20(2)3)29(38)34-26(30(39)40)13-17-43-6/h1,18,20,23-26,28,41H,8-17,19H2,2-6H3,(H,34,38)(H,35,37)(H,39,40)/b36-22-/t23-,24+,25-,26+,28+,31+,32+,33-/m1/s1. The van der Waals surface area contributed by atoms with Crippen molar-refractivity contribution < 1.29 is 29.4 Å². The number of carbonyl (C=O) groups excluding carboxylic acids is 2. The topological polar surface area (TPSA) is 137 Å². The molecule has 0 aromatic heterocycles. The summed E-state index contributed by atoms with van der Waals surface area (Å²) < 4.78 is 0. The Kier molecular flexibility index (Phi) is 10.3. The van der Waals surface area contributed by atoms with Crippen molar-refractivity contribution in [2.75, 3.05) is 18.6 Å². The summed E-state index contributed by atoms with van der Waals surface area (Å²) in [5, 5.41) is 30.2. The summed E-state index contributed by atoms with van der Waals surface area (Å²) in [5.41, 5.74) is 1.09. The first-order valence-electron chi connectivity index (χ1n) is 15.7. The molecular weight excluding hydrogens is 566 g/mol. The van der Waals surface area contributed by atoms with E-state index < -0.39 is 35.5 Å². The number of carboxylic acids is 1. The summed E-state index contributed by atoms with van der Waals surface area (Å²) in [4.78, 5) is 42.5. The van der Waals surface area contributed by atoms with E-state index in [1.807, 2.05) is 6.26 Å². The first-order valence-corrected chi connectivity index (χ1v) is 17.1. The number of aliphatic hydroxyl groups is 1. The zero-order valence-electron chi connectivity index (χ0n) is 26.3. The minimum Gasteiger partial charge on any atom is -0.480 e. The molecule has 238 valence electrons. The van der Waals surface area contributed by atoms with Gasteiger partial charge >= 0.3 is 5.97 Å². The highest BCUT2D eigenvalue weighted by atomic mass is 32.2. The molecule has 0 aromatic carbocycles. The van der Waals surface area contributed by atoms with Gasteiger partial charge in [-0.3, -0.25) is 9.59 Å². The Balaban J connectivity index is 1.34. The Labute approximate surface area is 260 Å². The molecule has 0 unspecified atom stereocenters. The third-order valence-electron chi connectivity index (χ3n) is 11.2. The van der Waals surface area contributed by atoms with Gasteiger partial charge in [0.2, 0.25) is 5.91 Å². The number of hydrogen-bond acceptors (Lipinski definition) is 7. The highest BCUT2D eigenvalue weighted by molar-refractivity contribution is 7.98. The predicted octanol–water partition coefficient (Wildman–Crippen LogP) is 4.15. The Morgan fingerprint density at radius 3 is 2.51 bits per heavy atom. The van der Waals surface area contributed by atoms with Gasteiger partial charge in [0, 0.05) is 5.41 Å². The Morgan fingerprint density at radius 2 is 1.86 bits per heavy atom. The maximum atomic E-state index is 12.8. The number of hydrogen-bond donors (Lipinski definition) is 4. The number of amides is 2. The molecule has 0 saturated heterocycles. The van der Waals surface area contributed by atoms with E-state index in [0.717, 1.165) is 50.7 Å². The molecule has 4 aliphatic carbocycles. The molecule has 0 heterocycles. The van der Waals surface area contributed by atoms with Gasteiger partial charge in [-0.2, -0.15) is 11.8 Å². The monoisotopic (exact) mass is 615 g/mol. The largest absolute Gasteiger partial charge is 0.480 e. The molecule has 0 aromatic rings. The van der Waals surface area contributed by atoms with Gasteiger partial charge in [-0.15, -0.1) is 6.42 Å². The predicted molar refractivity (Wildman–Crippen MR) is 168 cm³/mol. The smallest absolute Gasteiger partial charge is 0.326 e. The molecule has 3 fully saturated rings. The number of carbonyl (C=O) groups is 3. The third kappa shape index (κ3) is 6.49. The first kappa shape index (κ1) is 33.4. The van der Waals surface area contributed by atoms with Gasteiger partial charge < -0.3 is 25.7 Å². The lowest BCUT2D eigenvalue weighted by molar-refractivity contribution is -0.142. The van der Waals surface area contributed by atoms with Crippen molar-refractivity contribution >= 4 is 35.3 Å². The number of oxime groups is 1. The number of nitrogens with zero attached hydrogens (tertiary/aromatic N) is 1. The van der Waals surface area contributed by atoms with Crippen LogP contribution in [0.25, 0.3) is 0 Å². The van der Waals surface area contributed by atoms with Crippen LogP contribution in [0.1, 0.15) is 85.5 Å². The minimum atomic E-state index is -1.10. The number of allylic oxidation sites excluding steroid dienone is 2. The molecule has 4 aliphatic rings. The van der Waals surface area contributed by atoms with Crippen molar-refractivity contribution in [3.63, 3.8) is 0 Å². The summed E-state index contributed by atoms with van der Waals surface area (Å²) in [5.74, 6) is 2.55. The minimum absolute atomic E-state index is 0.0823. The van der Waals surface area contributed by atoms with Gasteiger partial charge in [0.1, 0.15) is 17.7 Å². The molecule has 0 spiro atoms. The summed E-state index contributed by atoms with van der Waals surface area (Å²) in [6.45, 7) is 7.84. The van der Waals surface area contributed by atoms with E-state index in [9.17, 15) is 24.6 Å². The second-order valence-electron chi connectivity index (χ2n) is 13.8. The molecule has 9 nitrogen and oxygen atoms in total. The van der Waals surface area contributed by atoms with Crippen molar-refractivity contribution in [2.45, 2.75) is 103 Å². The zero-order chi connectivity index (χ0) is 31.6. The molecule has 4 rings (SSSR count). The van der Waals surface area contributed by atoms with E-state index in [0.29, 0.717) is 36.3 Å². The van der Waals surface area contributed by atoms with Gasteiger partial charge in [0.25, 0.3) is 5.91 Å². The summed E-state index contributed by atoms with van der Waals surface area (Å²) in [6, 6.07) is -1.90. The molecule has 3 saturated carbocycles. The fraction of sp³-hybridized carbons (Fsp3) is 0.758. The number of rotatable bonds is 11. The Morgan fingerprint density at radius 1 is 1.14 bits per heavy atom. The van der Waals surface area contributed by atoms with Crippen LogP contribution in [-0.2, 0) is 19.2 Å². The van der Waals surface area contributed by atoms with Crippen LogP contribution in [-0.4, -0.2) is 70.0 Å². The number of thioether (sulfide) groups is 1. The number of carboxylic acid groups (broad SMARTS) is 1. The third-order valence-corrected chi connectivity index (χ3v) is 11.9. The molecule has 0 radical (unpaired) electrons. The molecular formula is C33H49N3O6S. The van der Waals surface area contributed by atoms with E-state index in [2.05, 4.69) is 41.6 Å². The van der Waals surface area contributed by atoms with Gasteiger partial charge in [-0.05, 0) is 105 Å². The molecule has 4 N–H and O–H groups in total. The number of terminal acetylenes is 1. The van der Waals surface area contributed by atoms with Crippen LogP contribution >= 0.6 is 11.8 Å². The number of aliphatic carboxylic acids is 1. The van der Waals surface area contributed by atoms with Crippen molar-refractivity contribution in [3.8, 4) is 12.3 Å². The highest BCUT2D eigenvalue weighted by Gasteiger charge is 2.63. The Bertz CT molecular complexity index is 1200.